The maximum absolute atomic E-state index is 14.2. The van der Waals surface area contributed by atoms with Crippen LogP contribution in [-0.2, 0) is 62.3 Å². The lowest BCUT2D eigenvalue weighted by atomic mass is 10.0. The molecule has 0 unspecified atom stereocenters. The van der Waals surface area contributed by atoms with Crippen molar-refractivity contribution in [1.29, 1.82) is 0 Å². The number of aliphatic carboxylic acids is 3. The molecule has 31 nitrogen and oxygen atoms in total. The predicted molar refractivity (Wildman–Crippen MR) is 287 cm³/mol. The molecule has 32 heteroatoms. The van der Waals surface area contributed by atoms with E-state index < -0.39 is 169 Å². The van der Waals surface area contributed by atoms with Gasteiger partial charge in [-0.25, -0.2) is 4.79 Å². The average Bonchev–Trinajstić information content (AvgIpc) is 3.35. The SMILES string of the molecule is CSCC[C@H](NC(=O)[C@H](CC(N)=O)NC(=O)[C@H](CC(C)C)NC(=O)[C@@H](N)CCC(N)=O)C(=O)N[C@@H](CCC(=O)O)C(=O)N[C@@H](CCCCN)C(=O)N[C@@H](CCCN=C(N)N)C(=O)N[C@@H](CCC(=O)O)C(=O)N[C@H](C(=O)O)C(C)C. The number of primary amides is 2. The minimum absolute atomic E-state index is 0.0168. The van der Waals surface area contributed by atoms with Gasteiger partial charge in [-0.15, -0.1) is 0 Å². The maximum Gasteiger partial charge on any atom is 0.326 e. The molecule has 0 bridgehead atoms. The third-order valence-corrected chi connectivity index (χ3v) is 12.3. The van der Waals surface area contributed by atoms with E-state index in [2.05, 4.69) is 47.5 Å². The highest BCUT2D eigenvalue weighted by Crippen LogP contribution is 2.12. The van der Waals surface area contributed by atoms with Crippen LogP contribution in [0.15, 0.2) is 4.99 Å². The van der Waals surface area contributed by atoms with E-state index in [1.165, 1.54) is 25.6 Å². The van der Waals surface area contributed by atoms with Crippen molar-refractivity contribution in [3.63, 3.8) is 0 Å². The molecular weight excluding hydrogens is 1060 g/mol. The topological polar surface area (TPSA) is 547 Å². The van der Waals surface area contributed by atoms with Crippen LogP contribution in [0.2, 0.25) is 0 Å². The fourth-order valence-electron chi connectivity index (χ4n) is 7.33. The van der Waals surface area contributed by atoms with Crippen molar-refractivity contribution < 1.29 is 77.6 Å². The molecule has 0 spiro atoms. The van der Waals surface area contributed by atoms with Gasteiger partial charge in [-0.05, 0) is 94.6 Å². The van der Waals surface area contributed by atoms with Crippen LogP contribution in [0.1, 0.15) is 118 Å². The van der Waals surface area contributed by atoms with Gasteiger partial charge in [0.15, 0.2) is 5.96 Å². The maximum atomic E-state index is 14.2. The number of carboxylic acid groups (broad SMARTS) is 3. The Morgan fingerprint density at radius 1 is 0.481 bits per heavy atom. The van der Waals surface area contributed by atoms with E-state index in [0.717, 1.165) is 0 Å². The molecule has 0 aromatic carbocycles. The molecule has 23 N–H and O–H groups in total. The Labute approximate surface area is 461 Å². The van der Waals surface area contributed by atoms with Crippen LogP contribution in [0.5, 0.6) is 0 Å². The first kappa shape index (κ1) is 71.6. The summed E-state index contributed by atoms with van der Waals surface area (Å²) in [7, 11) is 0. The summed E-state index contributed by atoms with van der Waals surface area (Å²) in [5, 5.41) is 48.0. The van der Waals surface area contributed by atoms with Gasteiger partial charge >= 0.3 is 17.9 Å². The monoisotopic (exact) mass is 1150 g/mol. The predicted octanol–water partition coefficient (Wildman–Crippen LogP) is -5.22. The molecule has 0 fully saturated rings. The molecule has 0 aliphatic rings. The molecule has 0 aromatic heterocycles. The summed E-state index contributed by atoms with van der Waals surface area (Å²) in [6, 6.07) is -13.6. The van der Waals surface area contributed by atoms with Gasteiger partial charge in [-0.3, -0.25) is 62.5 Å². The number of nitrogens with two attached hydrogens (primary N) is 6. The van der Waals surface area contributed by atoms with Crippen LogP contribution in [-0.4, -0.2) is 178 Å². The Morgan fingerprint density at radius 2 is 0.886 bits per heavy atom. The van der Waals surface area contributed by atoms with Crippen molar-refractivity contribution in [1.82, 2.24) is 42.5 Å². The van der Waals surface area contributed by atoms with Crippen LogP contribution < -0.4 is 76.9 Å². The fourth-order valence-corrected chi connectivity index (χ4v) is 7.81. The number of rotatable bonds is 42. The lowest BCUT2D eigenvalue weighted by Gasteiger charge is -2.28. The lowest BCUT2D eigenvalue weighted by Crippen LogP contribution is -2.60. The molecule has 10 amide bonds. The third kappa shape index (κ3) is 31.0. The number of guanidine groups is 1. The molecule has 79 heavy (non-hydrogen) atoms. The number of carboxylic acids is 3. The van der Waals surface area contributed by atoms with Gasteiger partial charge in [0.1, 0.15) is 48.3 Å². The summed E-state index contributed by atoms with van der Waals surface area (Å²) >= 11 is 1.24. The van der Waals surface area contributed by atoms with Gasteiger partial charge in [-0.2, -0.15) is 11.8 Å². The Balaban J connectivity index is 6.99. The lowest BCUT2D eigenvalue weighted by molar-refractivity contribution is -0.144. The van der Waals surface area contributed by atoms with Gasteiger partial charge in [0.2, 0.25) is 59.1 Å². The molecule has 0 heterocycles. The molecule has 0 aromatic rings. The highest BCUT2D eigenvalue weighted by Gasteiger charge is 2.36. The molecule has 0 rings (SSSR count). The number of carbonyl (C=O) groups is 13. The first-order valence-electron chi connectivity index (χ1n) is 25.6. The van der Waals surface area contributed by atoms with Crippen LogP contribution in [0, 0.1) is 11.8 Å². The largest absolute Gasteiger partial charge is 0.481 e. The Hall–Kier alpha value is -7.35. The average molecular weight is 1150 g/mol. The number of carbonyl (C=O) groups excluding carboxylic acids is 10. The summed E-state index contributed by atoms with van der Waals surface area (Å²) in [4.78, 5) is 173. The summed E-state index contributed by atoms with van der Waals surface area (Å²) in [6.07, 6.45) is -1.84. The van der Waals surface area contributed by atoms with Crippen molar-refractivity contribution in [3.8, 4) is 0 Å². The third-order valence-electron chi connectivity index (χ3n) is 11.6. The van der Waals surface area contributed by atoms with E-state index >= 15 is 0 Å². The number of thioether (sulfide) groups is 1. The van der Waals surface area contributed by atoms with Crippen molar-refractivity contribution in [2.75, 3.05) is 25.1 Å². The van der Waals surface area contributed by atoms with E-state index in [-0.39, 0.29) is 82.1 Å². The highest BCUT2D eigenvalue weighted by molar-refractivity contribution is 7.98. The number of hydrogen-bond acceptors (Lipinski definition) is 17. The smallest absolute Gasteiger partial charge is 0.326 e. The van der Waals surface area contributed by atoms with Gasteiger partial charge in [0.05, 0.1) is 12.5 Å². The molecule has 0 saturated carbocycles. The molecule has 0 aliphatic heterocycles. The zero-order valence-corrected chi connectivity index (χ0v) is 46.2. The van der Waals surface area contributed by atoms with Gasteiger partial charge < -0.3 is 92.3 Å². The number of hydrogen-bond donors (Lipinski definition) is 17. The summed E-state index contributed by atoms with van der Waals surface area (Å²) in [5.74, 6) is -14.9. The van der Waals surface area contributed by atoms with Gasteiger partial charge in [-0.1, -0.05) is 27.7 Å². The molecular formula is C47H83N15O16S. The van der Waals surface area contributed by atoms with Crippen molar-refractivity contribution in [2.24, 2.45) is 51.2 Å². The minimum atomic E-state index is -1.73. The fraction of sp³-hybridized carbons (Fsp3) is 0.702. The Bertz CT molecular complexity index is 2130. The highest BCUT2D eigenvalue weighted by atomic mass is 32.2. The summed E-state index contributed by atoms with van der Waals surface area (Å²) in [5.41, 5.74) is 33.1. The van der Waals surface area contributed by atoms with E-state index in [1.54, 1.807) is 20.1 Å². The van der Waals surface area contributed by atoms with Crippen molar-refractivity contribution >= 4 is 94.7 Å². The molecule has 0 aliphatic carbocycles. The molecule has 0 radical (unpaired) electrons. The van der Waals surface area contributed by atoms with Crippen LogP contribution in [0.3, 0.4) is 0 Å². The molecule has 0 saturated heterocycles. The van der Waals surface area contributed by atoms with E-state index in [1.807, 2.05) is 0 Å². The summed E-state index contributed by atoms with van der Waals surface area (Å²) in [6.45, 7) is 6.55. The van der Waals surface area contributed by atoms with Crippen molar-refractivity contribution in [2.45, 2.75) is 172 Å². The zero-order valence-electron chi connectivity index (χ0n) is 45.3. The second kappa shape index (κ2) is 38.3. The van der Waals surface area contributed by atoms with Crippen molar-refractivity contribution in [3.05, 3.63) is 0 Å². The van der Waals surface area contributed by atoms with Crippen LogP contribution in [0.4, 0.5) is 0 Å². The summed E-state index contributed by atoms with van der Waals surface area (Å²) < 4.78 is 0. The van der Waals surface area contributed by atoms with Crippen LogP contribution >= 0.6 is 11.8 Å². The van der Waals surface area contributed by atoms with E-state index in [0.29, 0.717) is 6.42 Å². The molecule has 448 valence electrons. The van der Waals surface area contributed by atoms with Crippen LogP contribution in [0.25, 0.3) is 0 Å². The number of amides is 10. The van der Waals surface area contributed by atoms with Gasteiger partial charge in [0.25, 0.3) is 0 Å². The second-order valence-electron chi connectivity index (χ2n) is 19.3. The van der Waals surface area contributed by atoms with Gasteiger partial charge in [0, 0.05) is 25.8 Å². The first-order chi connectivity index (χ1) is 36.9. The standard InChI is InChI=1S/C47H83N15O16S/c1-23(2)21-31(60-38(69)25(49)11-14-33(50)63)44(75)61-32(22-34(51)64)45(76)59-30(17-20-79-5)42(73)57-28(12-15-35(65)66)41(72)55-26(9-6-7-18-48)39(70)56-27(10-8-19-54-47(52)53)40(71)58-29(13-16-36(67)68)43(74)62-37(24(3)4)46(77)78/h23-32,37H,6-22,48-49H2,1-5H3,(H2,50,63)(H2,51,64)(H,55,72)(H,56,70)(H,57,73)(H,58,71)(H,59,76)(H,60,69)(H,61,75)(H,62,74)(H,65,66)(H,67,68)(H,77,78)(H4,52,53,54)/t25-,26-,27-,28-,29-,30-,31-,32-,37-/m0/s1. The number of nitrogens with zero attached hydrogens (tertiary/aromatic N) is 1. The number of unbranched alkanes of at least 4 members (excludes halogenated alkanes) is 1. The normalized spacial score (nSPS) is 14.4. The number of aliphatic imine (C=N–C) groups is 1. The Morgan fingerprint density at radius 3 is 1.28 bits per heavy atom. The Kier molecular flexibility index (Phi) is 34.7. The quantitative estimate of drug-likeness (QED) is 0.0154. The second-order valence-corrected chi connectivity index (χ2v) is 20.3. The molecule has 9 atom stereocenters. The zero-order chi connectivity index (χ0) is 60.5. The minimum Gasteiger partial charge on any atom is -0.481 e. The first-order valence-corrected chi connectivity index (χ1v) is 27.0. The van der Waals surface area contributed by atoms with E-state index in [9.17, 15) is 77.6 Å². The van der Waals surface area contributed by atoms with E-state index in [4.69, 9.17) is 34.4 Å². The number of nitrogens with one attached hydrogen (secondary N) is 8.